The molecule has 0 aromatic heterocycles. The van der Waals surface area contributed by atoms with Crippen molar-refractivity contribution >= 4 is 26.8 Å². The Labute approximate surface area is 119 Å². The van der Waals surface area contributed by atoms with E-state index in [1.807, 2.05) is 0 Å². The van der Waals surface area contributed by atoms with Gasteiger partial charge in [-0.15, -0.1) is 0 Å². The molecule has 1 aromatic carbocycles. The number of aromatic hydroxyl groups is 1. The molecule has 0 fully saturated rings. The molecule has 112 valence electrons. The van der Waals surface area contributed by atoms with Gasteiger partial charge in [0, 0.05) is 29.4 Å². The van der Waals surface area contributed by atoms with E-state index in [2.05, 4.69) is 4.72 Å². The molecule has 0 aliphatic rings. The number of carboxylic acid groups (broad SMARTS) is 1. The van der Waals surface area contributed by atoms with Crippen LogP contribution in [0.4, 0.5) is 0 Å². The van der Waals surface area contributed by atoms with Crippen LogP contribution >= 0.6 is 0 Å². The van der Waals surface area contributed by atoms with Crippen LogP contribution in [0.2, 0.25) is 0 Å². The lowest BCUT2D eigenvalue weighted by molar-refractivity contribution is 0.0693. The Morgan fingerprint density at radius 3 is 2.60 bits per heavy atom. The number of hydrogen-bond donors (Lipinski definition) is 3. The first-order valence-corrected chi connectivity index (χ1v) is 8.81. The molecular weight excluding hydrogens is 306 g/mol. The molecule has 0 saturated heterocycles. The van der Waals surface area contributed by atoms with Gasteiger partial charge in [-0.2, -0.15) is 0 Å². The van der Waals surface area contributed by atoms with Crippen LogP contribution in [0, 0.1) is 0 Å². The molecule has 0 bridgehead atoms. The van der Waals surface area contributed by atoms with Gasteiger partial charge in [-0.1, -0.05) is 0 Å². The molecule has 0 radical (unpaired) electrons. The van der Waals surface area contributed by atoms with Gasteiger partial charge in [0.05, 0.1) is 4.90 Å². The Balaban J connectivity index is 2.85. The number of aromatic carboxylic acids is 1. The summed E-state index contributed by atoms with van der Waals surface area (Å²) in [5, 5.41) is 18.1. The van der Waals surface area contributed by atoms with E-state index in [1.54, 1.807) is 0 Å². The number of benzene rings is 1. The molecule has 1 unspecified atom stereocenters. The molecule has 20 heavy (non-hydrogen) atoms. The summed E-state index contributed by atoms with van der Waals surface area (Å²) in [5.41, 5.74) is -0.484. The van der Waals surface area contributed by atoms with Gasteiger partial charge in [0.15, 0.2) is 0 Å². The first kappa shape index (κ1) is 16.6. The van der Waals surface area contributed by atoms with E-state index in [1.165, 1.54) is 6.26 Å². The number of sulfonamides is 1. The van der Waals surface area contributed by atoms with Crippen LogP contribution in [-0.4, -0.2) is 47.4 Å². The second kappa shape index (κ2) is 6.82. The standard InChI is InChI=1S/C11H15NO6S2/c1-19(16)6-2-5-12-20(17,18)8-3-4-10(13)9(7-8)11(14)15/h3-4,7,12-13H,2,5-6H2,1H3,(H,14,15). The zero-order valence-corrected chi connectivity index (χ0v) is 12.3. The summed E-state index contributed by atoms with van der Waals surface area (Å²) in [5.74, 6) is -1.54. The molecule has 0 saturated carbocycles. The van der Waals surface area contributed by atoms with E-state index in [9.17, 15) is 22.5 Å². The van der Waals surface area contributed by atoms with Gasteiger partial charge in [0.25, 0.3) is 0 Å². The Bertz CT molecular complexity index is 626. The summed E-state index contributed by atoms with van der Waals surface area (Å²) >= 11 is 0. The summed E-state index contributed by atoms with van der Waals surface area (Å²) in [6.45, 7) is 0.102. The van der Waals surface area contributed by atoms with Gasteiger partial charge in [-0.05, 0) is 24.6 Å². The molecule has 1 atom stereocenters. The highest BCUT2D eigenvalue weighted by Crippen LogP contribution is 2.21. The lowest BCUT2D eigenvalue weighted by Crippen LogP contribution is -2.26. The van der Waals surface area contributed by atoms with Gasteiger partial charge in [0.1, 0.15) is 11.3 Å². The monoisotopic (exact) mass is 321 g/mol. The highest BCUT2D eigenvalue weighted by atomic mass is 32.2. The van der Waals surface area contributed by atoms with Gasteiger partial charge in [0.2, 0.25) is 10.0 Å². The number of nitrogens with one attached hydrogen (secondary N) is 1. The quantitative estimate of drug-likeness (QED) is 0.614. The third-order valence-corrected chi connectivity index (χ3v) is 4.73. The fourth-order valence-electron chi connectivity index (χ4n) is 1.42. The van der Waals surface area contributed by atoms with Crippen LogP contribution in [0.25, 0.3) is 0 Å². The first-order valence-electron chi connectivity index (χ1n) is 5.60. The molecule has 3 N–H and O–H groups in total. The predicted molar refractivity (Wildman–Crippen MR) is 73.8 cm³/mol. The third-order valence-electron chi connectivity index (χ3n) is 2.41. The van der Waals surface area contributed by atoms with Crippen molar-refractivity contribution in [3.63, 3.8) is 0 Å². The first-order chi connectivity index (χ1) is 9.24. The second-order valence-electron chi connectivity index (χ2n) is 4.01. The summed E-state index contributed by atoms with van der Waals surface area (Å²) < 4.78 is 36.9. The lowest BCUT2D eigenvalue weighted by atomic mass is 10.2. The van der Waals surface area contributed by atoms with E-state index in [0.29, 0.717) is 12.2 Å². The summed E-state index contributed by atoms with van der Waals surface area (Å²) in [6.07, 6.45) is 1.93. The van der Waals surface area contributed by atoms with E-state index < -0.39 is 38.1 Å². The number of rotatable bonds is 7. The minimum atomic E-state index is -3.85. The minimum absolute atomic E-state index is 0.102. The van der Waals surface area contributed by atoms with Crippen molar-refractivity contribution in [2.24, 2.45) is 0 Å². The van der Waals surface area contributed by atoms with E-state index in [4.69, 9.17) is 5.11 Å². The maximum absolute atomic E-state index is 11.9. The van der Waals surface area contributed by atoms with E-state index in [-0.39, 0.29) is 11.4 Å². The Hall–Kier alpha value is -1.45. The Morgan fingerprint density at radius 1 is 1.40 bits per heavy atom. The lowest BCUT2D eigenvalue weighted by Gasteiger charge is -2.08. The van der Waals surface area contributed by atoms with Crippen LogP contribution in [-0.2, 0) is 20.8 Å². The zero-order chi connectivity index (χ0) is 15.3. The molecule has 1 rings (SSSR count). The molecule has 0 aliphatic carbocycles. The number of carbonyl (C=O) groups is 1. The molecule has 0 heterocycles. The average molecular weight is 321 g/mol. The fourth-order valence-corrected chi connectivity index (χ4v) is 3.07. The highest BCUT2D eigenvalue weighted by Gasteiger charge is 2.18. The average Bonchev–Trinajstić information content (AvgIpc) is 2.34. The summed E-state index contributed by atoms with van der Waals surface area (Å²) in [6, 6.07) is 3.01. The van der Waals surface area contributed by atoms with Crippen molar-refractivity contribution in [1.29, 1.82) is 0 Å². The molecule has 9 heteroatoms. The van der Waals surface area contributed by atoms with Crippen LogP contribution in [0.5, 0.6) is 5.75 Å². The maximum Gasteiger partial charge on any atom is 0.339 e. The van der Waals surface area contributed by atoms with E-state index in [0.717, 1.165) is 18.2 Å². The van der Waals surface area contributed by atoms with Crippen molar-refractivity contribution in [1.82, 2.24) is 4.72 Å². The van der Waals surface area contributed by atoms with Gasteiger partial charge in [-0.25, -0.2) is 17.9 Å². The van der Waals surface area contributed by atoms with Crippen LogP contribution in [0.3, 0.4) is 0 Å². The molecule has 0 aliphatic heterocycles. The highest BCUT2D eigenvalue weighted by molar-refractivity contribution is 7.89. The smallest absolute Gasteiger partial charge is 0.339 e. The Morgan fingerprint density at radius 2 is 2.05 bits per heavy atom. The minimum Gasteiger partial charge on any atom is -0.507 e. The molecule has 1 aromatic rings. The maximum atomic E-state index is 11.9. The summed E-state index contributed by atoms with van der Waals surface area (Å²) in [7, 11) is -4.85. The van der Waals surface area contributed by atoms with Crippen LogP contribution < -0.4 is 4.72 Å². The third kappa shape index (κ3) is 4.58. The normalized spacial score (nSPS) is 13.1. The Kier molecular flexibility index (Phi) is 5.66. The SMILES string of the molecule is CS(=O)CCCNS(=O)(=O)c1ccc(O)c(C(=O)O)c1. The van der Waals surface area contributed by atoms with Crippen molar-refractivity contribution in [2.75, 3.05) is 18.6 Å². The number of phenols is 1. The molecule has 0 spiro atoms. The van der Waals surface area contributed by atoms with Crippen molar-refractivity contribution in [2.45, 2.75) is 11.3 Å². The van der Waals surface area contributed by atoms with Crippen molar-refractivity contribution in [3.8, 4) is 5.75 Å². The topological polar surface area (TPSA) is 121 Å². The fraction of sp³-hybridized carbons (Fsp3) is 0.364. The molecule has 7 nitrogen and oxygen atoms in total. The largest absolute Gasteiger partial charge is 0.507 e. The van der Waals surface area contributed by atoms with Crippen molar-refractivity contribution < 1.29 is 27.6 Å². The second-order valence-corrected chi connectivity index (χ2v) is 7.33. The summed E-state index contributed by atoms with van der Waals surface area (Å²) in [4.78, 5) is 10.6. The van der Waals surface area contributed by atoms with Crippen molar-refractivity contribution in [3.05, 3.63) is 23.8 Å². The van der Waals surface area contributed by atoms with Gasteiger partial charge in [-0.3, -0.25) is 4.21 Å². The molecule has 0 amide bonds. The van der Waals surface area contributed by atoms with Crippen LogP contribution in [0.15, 0.2) is 23.1 Å². The number of carboxylic acids is 1. The van der Waals surface area contributed by atoms with Gasteiger partial charge >= 0.3 is 5.97 Å². The van der Waals surface area contributed by atoms with E-state index >= 15 is 0 Å². The predicted octanol–water partition coefficient (Wildman–Crippen LogP) is 0.137. The van der Waals surface area contributed by atoms with Gasteiger partial charge < -0.3 is 10.2 Å². The molecular formula is C11H15NO6S2. The number of hydrogen-bond acceptors (Lipinski definition) is 5. The van der Waals surface area contributed by atoms with Crippen LogP contribution in [0.1, 0.15) is 16.8 Å². The zero-order valence-electron chi connectivity index (χ0n) is 10.7.